The van der Waals surface area contributed by atoms with Crippen molar-refractivity contribution >= 4 is 22.6 Å². The first kappa shape index (κ1) is 18.3. The van der Waals surface area contributed by atoms with Gasteiger partial charge in [-0.2, -0.15) is 0 Å². The fourth-order valence-electron chi connectivity index (χ4n) is 3.22. The Morgan fingerprint density at radius 3 is 2.43 bits per heavy atom. The van der Waals surface area contributed by atoms with Crippen molar-refractivity contribution in [2.75, 3.05) is 0 Å². The van der Waals surface area contributed by atoms with Gasteiger partial charge in [-0.25, -0.2) is 4.79 Å². The van der Waals surface area contributed by atoms with Crippen LogP contribution in [0.25, 0.3) is 11.0 Å². The van der Waals surface area contributed by atoms with Crippen LogP contribution >= 0.6 is 11.6 Å². The zero-order chi connectivity index (χ0) is 19.5. The van der Waals surface area contributed by atoms with Crippen molar-refractivity contribution in [1.29, 1.82) is 0 Å². The van der Waals surface area contributed by atoms with E-state index in [-0.39, 0.29) is 5.63 Å². The molecule has 28 heavy (non-hydrogen) atoms. The van der Waals surface area contributed by atoms with Crippen LogP contribution in [0.2, 0.25) is 5.02 Å². The Morgan fingerprint density at radius 2 is 1.68 bits per heavy atom. The lowest BCUT2D eigenvalue weighted by Crippen LogP contribution is -2.11. The highest BCUT2D eigenvalue weighted by Gasteiger charge is 2.12. The molecule has 0 bridgehead atoms. The number of aryl methyl sites for hydroxylation is 1. The van der Waals surface area contributed by atoms with Gasteiger partial charge in [-0.05, 0) is 47.9 Å². The fourth-order valence-corrected chi connectivity index (χ4v) is 3.34. The number of ether oxygens (including phenoxy) is 1. The minimum atomic E-state index is -0.302. The highest BCUT2D eigenvalue weighted by molar-refractivity contribution is 6.30. The lowest BCUT2D eigenvalue weighted by atomic mass is 10.00. The topological polar surface area (TPSA) is 39.4 Å². The third kappa shape index (κ3) is 3.95. The lowest BCUT2D eigenvalue weighted by Gasteiger charge is -2.10. The Labute approximate surface area is 168 Å². The Bertz CT molecular complexity index is 1160. The minimum absolute atomic E-state index is 0.302. The molecule has 3 aromatic carbocycles. The summed E-state index contributed by atoms with van der Waals surface area (Å²) in [6.45, 7) is 2.38. The molecule has 0 saturated carbocycles. The van der Waals surface area contributed by atoms with Crippen molar-refractivity contribution in [3.8, 4) is 5.75 Å². The normalized spacial score (nSPS) is 10.9. The fraction of sp³-hybridized carbons (Fsp3) is 0.125. The molecule has 0 fully saturated rings. The van der Waals surface area contributed by atoms with E-state index in [0.717, 1.165) is 22.1 Å². The average Bonchev–Trinajstić information content (AvgIpc) is 2.71. The summed E-state index contributed by atoms with van der Waals surface area (Å²) in [6, 6.07) is 23.0. The van der Waals surface area contributed by atoms with E-state index in [1.165, 1.54) is 0 Å². The van der Waals surface area contributed by atoms with Crippen LogP contribution in [0.5, 0.6) is 5.75 Å². The van der Waals surface area contributed by atoms with E-state index >= 15 is 0 Å². The Kier molecular flexibility index (Phi) is 5.18. The van der Waals surface area contributed by atoms with Gasteiger partial charge in [0, 0.05) is 28.5 Å². The Hall–Kier alpha value is -3.04. The molecule has 1 aromatic heterocycles. The van der Waals surface area contributed by atoms with Gasteiger partial charge in [0.15, 0.2) is 0 Å². The maximum atomic E-state index is 12.6. The molecule has 0 saturated heterocycles. The van der Waals surface area contributed by atoms with E-state index in [2.05, 4.69) is 0 Å². The van der Waals surface area contributed by atoms with Crippen LogP contribution in [0.1, 0.15) is 22.3 Å². The standard InChI is InChI=1S/C24H19ClO3/c1-16-21-12-11-20(27-15-18-7-9-19(25)10-8-18)14-23(21)28-24(26)22(16)13-17-5-3-2-4-6-17/h2-12,14H,13,15H2,1H3. The van der Waals surface area contributed by atoms with E-state index in [0.29, 0.717) is 34.9 Å². The van der Waals surface area contributed by atoms with Crippen molar-refractivity contribution in [1.82, 2.24) is 0 Å². The molecule has 0 atom stereocenters. The van der Waals surface area contributed by atoms with Crippen molar-refractivity contribution in [3.05, 3.63) is 110 Å². The van der Waals surface area contributed by atoms with Gasteiger partial charge < -0.3 is 9.15 Å². The summed E-state index contributed by atoms with van der Waals surface area (Å²) in [5.74, 6) is 0.654. The largest absolute Gasteiger partial charge is 0.489 e. The SMILES string of the molecule is Cc1c(Cc2ccccc2)c(=O)oc2cc(OCc3ccc(Cl)cc3)ccc12. The van der Waals surface area contributed by atoms with E-state index in [9.17, 15) is 4.79 Å². The molecule has 4 rings (SSSR count). The van der Waals surface area contributed by atoms with Gasteiger partial charge in [-0.15, -0.1) is 0 Å². The molecule has 3 nitrogen and oxygen atoms in total. The van der Waals surface area contributed by atoms with E-state index in [1.807, 2.05) is 73.7 Å². The average molecular weight is 391 g/mol. The molecule has 0 aliphatic carbocycles. The van der Waals surface area contributed by atoms with Crippen LogP contribution in [0.3, 0.4) is 0 Å². The minimum Gasteiger partial charge on any atom is -0.489 e. The van der Waals surface area contributed by atoms with Gasteiger partial charge in [0.2, 0.25) is 0 Å². The van der Waals surface area contributed by atoms with Gasteiger partial charge in [-0.3, -0.25) is 0 Å². The van der Waals surface area contributed by atoms with Gasteiger partial charge in [0.25, 0.3) is 0 Å². The quantitative estimate of drug-likeness (QED) is 0.397. The third-order valence-corrected chi connectivity index (χ3v) is 5.05. The first-order valence-corrected chi connectivity index (χ1v) is 9.45. The van der Waals surface area contributed by atoms with Crippen molar-refractivity contribution in [2.45, 2.75) is 20.0 Å². The smallest absolute Gasteiger partial charge is 0.340 e. The summed E-state index contributed by atoms with van der Waals surface area (Å²) in [4.78, 5) is 12.6. The van der Waals surface area contributed by atoms with Crippen LogP contribution in [0.15, 0.2) is 82.0 Å². The summed E-state index contributed by atoms with van der Waals surface area (Å²) < 4.78 is 11.4. The monoisotopic (exact) mass is 390 g/mol. The predicted octanol–water partition coefficient (Wildman–Crippen LogP) is 5.92. The molecule has 0 radical (unpaired) electrons. The predicted molar refractivity (Wildman–Crippen MR) is 112 cm³/mol. The van der Waals surface area contributed by atoms with Crippen LogP contribution in [0.4, 0.5) is 0 Å². The first-order chi connectivity index (χ1) is 13.6. The number of fused-ring (bicyclic) bond motifs is 1. The summed E-state index contributed by atoms with van der Waals surface area (Å²) in [7, 11) is 0. The van der Waals surface area contributed by atoms with Crippen LogP contribution < -0.4 is 10.4 Å². The van der Waals surface area contributed by atoms with Crippen LogP contribution in [0, 0.1) is 6.92 Å². The lowest BCUT2D eigenvalue weighted by molar-refractivity contribution is 0.306. The van der Waals surface area contributed by atoms with E-state index < -0.39 is 0 Å². The maximum absolute atomic E-state index is 12.6. The highest BCUT2D eigenvalue weighted by atomic mass is 35.5. The molecular formula is C24H19ClO3. The molecule has 0 unspecified atom stereocenters. The summed E-state index contributed by atoms with van der Waals surface area (Å²) >= 11 is 5.90. The molecule has 0 aliphatic heterocycles. The number of halogens is 1. The highest BCUT2D eigenvalue weighted by Crippen LogP contribution is 2.26. The molecule has 4 heteroatoms. The van der Waals surface area contributed by atoms with Gasteiger partial charge >= 0.3 is 5.63 Å². The zero-order valence-corrected chi connectivity index (χ0v) is 16.2. The van der Waals surface area contributed by atoms with E-state index in [1.54, 1.807) is 6.07 Å². The molecule has 4 aromatic rings. The van der Waals surface area contributed by atoms with Crippen molar-refractivity contribution in [2.24, 2.45) is 0 Å². The van der Waals surface area contributed by atoms with E-state index in [4.69, 9.17) is 20.8 Å². The molecule has 0 amide bonds. The zero-order valence-electron chi connectivity index (χ0n) is 15.4. The number of rotatable bonds is 5. The molecule has 0 spiro atoms. The first-order valence-electron chi connectivity index (χ1n) is 9.07. The van der Waals surface area contributed by atoms with Crippen LogP contribution in [-0.2, 0) is 13.0 Å². The molecule has 0 aliphatic rings. The molecule has 1 heterocycles. The summed E-state index contributed by atoms with van der Waals surface area (Å²) in [6.07, 6.45) is 0.555. The number of benzene rings is 3. The molecular weight excluding hydrogens is 372 g/mol. The second kappa shape index (κ2) is 7.91. The number of hydrogen-bond acceptors (Lipinski definition) is 3. The third-order valence-electron chi connectivity index (χ3n) is 4.80. The van der Waals surface area contributed by atoms with Crippen molar-refractivity contribution < 1.29 is 9.15 Å². The maximum Gasteiger partial charge on any atom is 0.340 e. The second-order valence-electron chi connectivity index (χ2n) is 6.73. The van der Waals surface area contributed by atoms with Gasteiger partial charge in [0.1, 0.15) is 17.9 Å². The molecule has 140 valence electrons. The van der Waals surface area contributed by atoms with Crippen LogP contribution in [-0.4, -0.2) is 0 Å². The van der Waals surface area contributed by atoms with Crippen molar-refractivity contribution in [3.63, 3.8) is 0 Å². The molecule has 0 N–H and O–H groups in total. The summed E-state index contributed by atoms with van der Waals surface area (Å²) in [5.41, 5.74) is 3.96. The van der Waals surface area contributed by atoms with Gasteiger partial charge in [0.05, 0.1) is 0 Å². The van der Waals surface area contributed by atoms with Gasteiger partial charge in [-0.1, -0.05) is 54.1 Å². The Morgan fingerprint density at radius 1 is 0.929 bits per heavy atom. The Balaban J connectivity index is 1.60. The number of hydrogen-bond donors (Lipinski definition) is 0. The summed E-state index contributed by atoms with van der Waals surface area (Å²) in [5, 5.41) is 1.61. The second-order valence-corrected chi connectivity index (χ2v) is 7.16.